The number of piperazine rings is 1. The van der Waals surface area contributed by atoms with Gasteiger partial charge in [-0.1, -0.05) is 18.2 Å². The van der Waals surface area contributed by atoms with Crippen LogP contribution >= 0.6 is 0 Å². The Kier molecular flexibility index (Phi) is 1.97. The highest BCUT2D eigenvalue weighted by Gasteiger charge is 2.40. The number of para-hydroxylation sites is 1. The summed E-state index contributed by atoms with van der Waals surface area (Å²) in [5.41, 5.74) is 2.81. The monoisotopic (exact) mass is 203 g/mol. The number of benzene rings is 1. The first-order valence-electron chi connectivity index (χ1n) is 5.54. The van der Waals surface area contributed by atoms with E-state index in [-0.39, 0.29) is 0 Å². The van der Waals surface area contributed by atoms with Crippen LogP contribution in [0.15, 0.2) is 24.3 Å². The smallest absolute Gasteiger partial charge is 0.101 e. The Morgan fingerprint density at radius 2 is 2.07 bits per heavy atom. The number of nitrogens with zero attached hydrogens (tertiary/aromatic N) is 2. The quantitative estimate of drug-likeness (QED) is 0.679. The first-order chi connectivity index (χ1) is 7.29. The van der Waals surface area contributed by atoms with Crippen molar-refractivity contribution in [3.8, 4) is 0 Å². The third-order valence-corrected chi connectivity index (χ3v) is 3.63. The molecule has 2 atom stereocenters. The van der Waals surface area contributed by atoms with Crippen molar-refractivity contribution in [3.05, 3.63) is 29.8 Å². The van der Waals surface area contributed by atoms with Gasteiger partial charge >= 0.3 is 0 Å². The molecule has 2 aliphatic rings. The molecular weight excluding hydrogens is 186 g/mol. The van der Waals surface area contributed by atoms with Gasteiger partial charge < -0.3 is 10.2 Å². The van der Waals surface area contributed by atoms with Crippen molar-refractivity contribution < 1.29 is 0 Å². The van der Waals surface area contributed by atoms with Gasteiger partial charge in [-0.05, 0) is 18.7 Å². The average Bonchev–Trinajstić information content (AvgIpc) is 2.55. The molecule has 0 aromatic heterocycles. The lowest BCUT2D eigenvalue weighted by molar-refractivity contribution is 0.161. The second-order valence-electron chi connectivity index (χ2n) is 4.50. The molecule has 0 radical (unpaired) electrons. The SMILES string of the molecule is CN1CCNC2c3ccccc3N(C)C21. The van der Waals surface area contributed by atoms with Crippen molar-refractivity contribution in [2.24, 2.45) is 0 Å². The van der Waals surface area contributed by atoms with Gasteiger partial charge in [0.15, 0.2) is 0 Å². The zero-order valence-electron chi connectivity index (χ0n) is 9.27. The second-order valence-corrected chi connectivity index (χ2v) is 4.50. The van der Waals surface area contributed by atoms with Crippen LogP contribution in [0.4, 0.5) is 5.69 Å². The first kappa shape index (κ1) is 9.19. The molecule has 15 heavy (non-hydrogen) atoms. The highest BCUT2D eigenvalue weighted by atomic mass is 15.4. The number of anilines is 1. The molecule has 2 unspecified atom stereocenters. The van der Waals surface area contributed by atoms with Gasteiger partial charge in [0.2, 0.25) is 0 Å². The number of likely N-dealkylation sites (N-methyl/N-ethyl adjacent to an activating group) is 2. The Labute approximate surface area is 90.7 Å². The van der Waals surface area contributed by atoms with Gasteiger partial charge in [0, 0.05) is 25.8 Å². The molecular formula is C12H17N3. The van der Waals surface area contributed by atoms with Gasteiger partial charge in [0.1, 0.15) is 6.17 Å². The van der Waals surface area contributed by atoms with Crippen molar-refractivity contribution in [1.82, 2.24) is 10.2 Å². The number of fused-ring (bicyclic) bond motifs is 3. The molecule has 0 aliphatic carbocycles. The standard InChI is InChI=1S/C12H17N3/c1-14-8-7-13-11-9-5-3-4-6-10(9)15(2)12(11)14/h3-6,11-13H,7-8H2,1-2H3. The number of nitrogens with one attached hydrogen (secondary N) is 1. The molecule has 1 N–H and O–H groups in total. The van der Waals surface area contributed by atoms with Crippen molar-refractivity contribution in [1.29, 1.82) is 0 Å². The number of hydrogen-bond donors (Lipinski definition) is 1. The minimum absolute atomic E-state index is 0.477. The van der Waals surface area contributed by atoms with E-state index in [9.17, 15) is 0 Å². The van der Waals surface area contributed by atoms with E-state index in [2.05, 4.69) is 53.5 Å². The van der Waals surface area contributed by atoms with E-state index in [1.807, 2.05) is 0 Å². The summed E-state index contributed by atoms with van der Waals surface area (Å²) in [5.74, 6) is 0. The Hall–Kier alpha value is -1.06. The maximum absolute atomic E-state index is 3.61. The predicted octanol–water partition coefficient (Wildman–Crippen LogP) is 1.04. The molecule has 2 heterocycles. The fourth-order valence-corrected chi connectivity index (χ4v) is 2.89. The summed E-state index contributed by atoms with van der Waals surface area (Å²) in [5, 5.41) is 3.61. The van der Waals surface area contributed by atoms with Crippen LogP contribution in [0.5, 0.6) is 0 Å². The van der Waals surface area contributed by atoms with Crippen LogP contribution in [0.2, 0.25) is 0 Å². The van der Waals surface area contributed by atoms with Crippen LogP contribution in [-0.4, -0.2) is 38.3 Å². The van der Waals surface area contributed by atoms with Gasteiger partial charge in [0.05, 0.1) is 6.04 Å². The van der Waals surface area contributed by atoms with Gasteiger partial charge in [-0.2, -0.15) is 0 Å². The lowest BCUT2D eigenvalue weighted by atomic mass is 10.1. The van der Waals surface area contributed by atoms with Crippen molar-refractivity contribution in [3.63, 3.8) is 0 Å². The molecule has 0 spiro atoms. The maximum Gasteiger partial charge on any atom is 0.101 e. The summed E-state index contributed by atoms with van der Waals surface area (Å²) in [7, 11) is 4.40. The zero-order chi connectivity index (χ0) is 10.4. The lowest BCUT2D eigenvalue weighted by Gasteiger charge is -2.39. The van der Waals surface area contributed by atoms with Crippen LogP contribution in [0.1, 0.15) is 11.6 Å². The maximum atomic E-state index is 3.61. The Morgan fingerprint density at radius 1 is 1.27 bits per heavy atom. The summed E-state index contributed by atoms with van der Waals surface area (Å²) < 4.78 is 0. The van der Waals surface area contributed by atoms with Crippen LogP contribution in [0.25, 0.3) is 0 Å². The molecule has 3 rings (SSSR count). The topological polar surface area (TPSA) is 18.5 Å². The van der Waals surface area contributed by atoms with E-state index < -0.39 is 0 Å². The van der Waals surface area contributed by atoms with E-state index in [1.54, 1.807) is 0 Å². The first-order valence-corrected chi connectivity index (χ1v) is 5.54. The molecule has 2 aliphatic heterocycles. The largest absolute Gasteiger partial charge is 0.357 e. The van der Waals surface area contributed by atoms with E-state index in [4.69, 9.17) is 0 Å². The van der Waals surface area contributed by atoms with Crippen LogP contribution < -0.4 is 10.2 Å². The normalized spacial score (nSPS) is 30.1. The predicted molar refractivity (Wildman–Crippen MR) is 62.0 cm³/mol. The van der Waals surface area contributed by atoms with Gasteiger partial charge in [-0.3, -0.25) is 4.90 Å². The van der Waals surface area contributed by atoms with Crippen LogP contribution in [0.3, 0.4) is 0 Å². The Balaban J connectivity index is 2.06. The highest BCUT2D eigenvalue weighted by Crippen LogP contribution is 2.40. The summed E-state index contributed by atoms with van der Waals surface area (Å²) in [6.45, 7) is 2.21. The number of rotatable bonds is 0. The van der Waals surface area contributed by atoms with E-state index in [1.165, 1.54) is 11.3 Å². The summed E-state index contributed by atoms with van der Waals surface area (Å²) in [6.07, 6.45) is 0.483. The van der Waals surface area contributed by atoms with Crippen molar-refractivity contribution in [2.45, 2.75) is 12.2 Å². The molecule has 3 heteroatoms. The molecule has 3 nitrogen and oxygen atoms in total. The van der Waals surface area contributed by atoms with Crippen molar-refractivity contribution in [2.75, 3.05) is 32.1 Å². The van der Waals surface area contributed by atoms with E-state index in [0.717, 1.165) is 13.1 Å². The minimum Gasteiger partial charge on any atom is -0.357 e. The third kappa shape index (κ3) is 1.20. The molecule has 0 amide bonds. The van der Waals surface area contributed by atoms with Gasteiger partial charge in [-0.25, -0.2) is 0 Å². The molecule has 0 bridgehead atoms. The van der Waals surface area contributed by atoms with Gasteiger partial charge in [-0.15, -0.1) is 0 Å². The number of hydrogen-bond acceptors (Lipinski definition) is 3. The van der Waals surface area contributed by atoms with E-state index in [0.29, 0.717) is 12.2 Å². The molecule has 1 saturated heterocycles. The van der Waals surface area contributed by atoms with Crippen LogP contribution in [0, 0.1) is 0 Å². The molecule has 80 valence electrons. The third-order valence-electron chi connectivity index (χ3n) is 3.63. The van der Waals surface area contributed by atoms with Crippen molar-refractivity contribution >= 4 is 5.69 Å². The molecule has 1 fully saturated rings. The van der Waals surface area contributed by atoms with Gasteiger partial charge in [0.25, 0.3) is 0 Å². The second kappa shape index (κ2) is 3.22. The fourth-order valence-electron chi connectivity index (χ4n) is 2.89. The lowest BCUT2D eigenvalue weighted by Crippen LogP contribution is -2.55. The summed E-state index contributed by atoms with van der Waals surface area (Å²) in [6, 6.07) is 9.18. The summed E-state index contributed by atoms with van der Waals surface area (Å²) >= 11 is 0. The summed E-state index contributed by atoms with van der Waals surface area (Å²) in [4.78, 5) is 4.81. The van der Waals surface area contributed by atoms with Crippen LogP contribution in [-0.2, 0) is 0 Å². The fraction of sp³-hybridized carbons (Fsp3) is 0.500. The Morgan fingerprint density at radius 3 is 2.93 bits per heavy atom. The van der Waals surface area contributed by atoms with E-state index >= 15 is 0 Å². The molecule has 0 saturated carbocycles. The average molecular weight is 203 g/mol. The molecule has 1 aromatic carbocycles. The zero-order valence-corrected chi connectivity index (χ0v) is 9.27. The highest BCUT2D eigenvalue weighted by molar-refractivity contribution is 5.61. The molecule has 1 aromatic rings. The minimum atomic E-state index is 0.477. The Bertz CT molecular complexity index is 377.